The Balaban J connectivity index is 0.00000242. The van der Waals surface area contributed by atoms with E-state index in [2.05, 4.69) is 59.1 Å². The summed E-state index contributed by atoms with van der Waals surface area (Å²) in [4.78, 5) is 4.27. The van der Waals surface area contributed by atoms with Crippen LogP contribution in [-0.4, -0.2) is 17.6 Å². The van der Waals surface area contributed by atoms with E-state index < -0.39 is 0 Å². The maximum atomic E-state index is 4.27. The van der Waals surface area contributed by atoms with Crippen molar-refractivity contribution in [3.8, 4) is 0 Å². The van der Waals surface area contributed by atoms with E-state index in [4.69, 9.17) is 0 Å². The molecule has 0 saturated carbocycles. The zero-order chi connectivity index (χ0) is 15.1. The molecule has 1 heterocycles. The summed E-state index contributed by atoms with van der Waals surface area (Å²) >= 11 is 0. The third kappa shape index (κ3) is 5.36. The van der Waals surface area contributed by atoms with Gasteiger partial charge < -0.3 is 15.2 Å². The molecule has 22 heavy (non-hydrogen) atoms. The lowest BCUT2D eigenvalue weighted by molar-refractivity contribution is 0.800. The lowest BCUT2D eigenvalue weighted by atomic mass is 10.1. The average Bonchev–Trinajstić information content (AvgIpc) is 2.93. The van der Waals surface area contributed by atoms with Crippen LogP contribution in [0.15, 0.2) is 47.7 Å². The topological polar surface area (TPSA) is 41.4 Å². The molecule has 0 spiro atoms. The third-order valence-electron chi connectivity index (χ3n) is 3.52. The highest BCUT2D eigenvalue weighted by Gasteiger charge is 2.02. The van der Waals surface area contributed by atoms with Crippen molar-refractivity contribution in [2.45, 2.75) is 26.4 Å². The molecule has 1 aromatic heterocycles. The van der Waals surface area contributed by atoms with Crippen LogP contribution in [0.1, 0.15) is 23.6 Å². The smallest absolute Gasteiger partial charge is 0.191 e. The molecule has 2 aromatic rings. The van der Waals surface area contributed by atoms with Gasteiger partial charge in [0.05, 0.1) is 0 Å². The first kappa shape index (κ1) is 18.5. The molecule has 2 N–H and O–H groups in total. The molecule has 120 valence electrons. The Morgan fingerprint density at radius 1 is 1.09 bits per heavy atom. The normalized spacial score (nSPS) is 11.0. The van der Waals surface area contributed by atoms with Gasteiger partial charge in [-0.25, -0.2) is 0 Å². The molecule has 0 unspecified atom stereocenters. The minimum absolute atomic E-state index is 0. The first-order valence-corrected chi connectivity index (χ1v) is 7.35. The Labute approximate surface area is 150 Å². The summed E-state index contributed by atoms with van der Waals surface area (Å²) in [6.07, 6.45) is 5.20. The lowest BCUT2D eigenvalue weighted by Crippen LogP contribution is -2.36. The van der Waals surface area contributed by atoms with Crippen molar-refractivity contribution in [3.63, 3.8) is 0 Å². The van der Waals surface area contributed by atoms with E-state index in [1.807, 2.05) is 17.8 Å². The molecule has 1 aromatic carbocycles. The van der Waals surface area contributed by atoms with Crippen molar-refractivity contribution in [2.24, 2.45) is 12.0 Å². The predicted molar refractivity (Wildman–Crippen MR) is 104 cm³/mol. The summed E-state index contributed by atoms with van der Waals surface area (Å²) in [7, 11) is 3.82. The number of hydrogen-bond donors (Lipinski definition) is 2. The van der Waals surface area contributed by atoms with Gasteiger partial charge >= 0.3 is 0 Å². The van der Waals surface area contributed by atoms with Gasteiger partial charge in [0, 0.05) is 39.6 Å². The number of aliphatic imine (C=N–C) groups is 1. The maximum absolute atomic E-state index is 4.27. The Kier molecular flexibility index (Phi) is 8.01. The van der Waals surface area contributed by atoms with Gasteiger partial charge in [0.25, 0.3) is 0 Å². The second-order valence-corrected chi connectivity index (χ2v) is 5.09. The summed E-state index contributed by atoms with van der Waals surface area (Å²) in [5, 5.41) is 6.70. The largest absolute Gasteiger partial charge is 0.357 e. The van der Waals surface area contributed by atoms with Crippen LogP contribution in [0, 0.1) is 0 Å². The molecule has 0 amide bonds. The first-order valence-electron chi connectivity index (χ1n) is 7.35. The van der Waals surface area contributed by atoms with E-state index in [9.17, 15) is 0 Å². The predicted octanol–water partition coefficient (Wildman–Crippen LogP) is 3.07. The molecule has 0 aliphatic carbocycles. The van der Waals surface area contributed by atoms with Crippen LogP contribution in [0.3, 0.4) is 0 Å². The molecule has 0 saturated heterocycles. The lowest BCUT2D eigenvalue weighted by Gasteiger charge is -2.13. The highest BCUT2D eigenvalue weighted by atomic mass is 127. The first-order chi connectivity index (χ1) is 10.2. The summed E-state index contributed by atoms with van der Waals surface area (Å²) in [5.74, 6) is 0.824. The van der Waals surface area contributed by atoms with Gasteiger partial charge in [-0.2, -0.15) is 0 Å². The number of benzene rings is 1. The highest BCUT2D eigenvalue weighted by molar-refractivity contribution is 14.0. The SMILES string of the molecule is CCc1ccccc1CNC(=NC)NCc1ccn(C)c1.I. The third-order valence-corrected chi connectivity index (χ3v) is 3.52. The minimum Gasteiger partial charge on any atom is -0.357 e. The van der Waals surface area contributed by atoms with E-state index in [1.54, 1.807) is 7.05 Å². The van der Waals surface area contributed by atoms with Crippen LogP contribution < -0.4 is 10.6 Å². The van der Waals surface area contributed by atoms with E-state index in [0.29, 0.717) is 0 Å². The monoisotopic (exact) mass is 412 g/mol. The Hall–Kier alpha value is -1.50. The Morgan fingerprint density at radius 2 is 1.77 bits per heavy atom. The molecule has 0 radical (unpaired) electrons. The molecule has 0 atom stereocenters. The molecule has 4 nitrogen and oxygen atoms in total. The molecule has 5 heteroatoms. The zero-order valence-electron chi connectivity index (χ0n) is 13.5. The van der Waals surface area contributed by atoms with Gasteiger partial charge in [0.15, 0.2) is 5.96 Å². The second-order valence-electron chi connectivity index (χ2n) is 5.09. The number of aryl methyl sites for hydroxylation is 2. The van der Waals surface area contributed by atoms with Crippen molar-refractivity contribution < 1.29 is 0 Å². The standard InChI is InChI=1S/C17H24N4.HI/c1-4-15-7-5-6-8-16(15)12-20-17(18-2)19-11-14-9-10-21(3)13-14;/h5-10,13H,4,11-12H2,1-3H3,(H2,18,19,20);1H. The van der Waals surface area contributed by atoms with Crippen molar-refractivity contribution >= 4 is 29.9 Å². The van der Waals surface area contributed by atoms with Crippen LogP contribution >= 0.6 is 24.0 Å². The average molecular weight is 412 g/mol. The molecule has 0 aliphatic rings. The number of rotatable bonds is 5. The van der Waals surface area contributed by atoms with Crippen LogP contribution in [0.5, 0.6) is 0 Å². The summed E-state index contributed by atoms with van der Waals surface area (Å²) in [6, 6.07) is 10.6. The second kappa shape index (κ2) is 9.50. The Morgan fingerprint density at radius 3 is 2.36 bits per heavy atom. The van der Waals surface area contributed by atoms with Crippen molar-refractivity contribution in [1.82, 2.24) is 15.2 Å². The minimum atomic E-state index is 0. The number of nitrogens with zero attached hydrogens (tertiary/aromatic N) is 2. The van der Waals surface area contributed by atoms with Crippen LogP contribution in [0.4, 0.5) is 0 Å². The number of halogens is 1. The van der Waals surface area contributed by atoms with E-state index in [0.717, 1.165) is 25.5 Å². The fourth-order valence-electron chi connectivity index (χ4n) is 2.33. The molecule has 2 rings (SSSR count). The molecular weight excluding hydrogens is 387 g/mol. The van der Waals surface area contributed by atoms with Crippen LogP contribution in [0.25, 0.3) is 0 Å². The molecule has 0 aliphatic heterocycles. The summed E-state index contributed by atoms with van der Waals surface area (Å²) in [6.45, 7) is 3.75. The van der Waals surface area contributed by atoms with Gasteiger partial charge in [-0.15, -0.1) is 24.0 Å². The van der Waals surface area contributed by atoms with Gasteiger partial charge in [-0.05, 0) is 29.2 Å². The van der Waals surface area contributed by atoms with Crippen molar-refractivity contribution in [3.05, 3.63) is 59.4 Å². The fraction of sp³-hybridized carbons (Fsp3) is 0.353. The van der Waals surface area contributed by atoms with Gasteiger partial charge in [-0.1, -0.05) is 31.2 Å². The molecule has 0 bridgehead atoms. The van der Waals surface area contributed by atoms with Crippen LogP contribution in [0.2, 0.25) is 0 Å². The van der Waals surface area contributed by atoms with E-state index in [1.165, 1.54) is 16.7 Å². The van der Waals surface area contributed by atoms with Crippen molar-refractivity contribution in [2.75, 3.05) is 7.05 Å². The van der Waals surface area contributed by atoms with Gasteiger partial charge in [-0.3, -0.25) is 4.99 Å². The maximum Gasteiger partial charge on any atom is 0.191 e. The van der Waals surface area contributed by atoms with Crippen molar-refractivity contribution in [1.29, 1.82) is 0 Å². The highest BCUT2D eigenvalue weighted by Crippen LogP contribution is 2.08. The number of hydrogen-bond acceptors (Lipinski definition) is 1. The summed E-state index contributed by atoms with van der Waals surface area (Å²) in [5.41, 5.74) is 3.94. The number of guanidine groups is 1. The van der Waals surface area contributed by atoms with Crippen LogP contribution in [-0.2, 0) is 26.6 Å². The van der Waals surface area contributed by atoms with Gasteiger partial charge in [0.2, 0.25) is 0 Å². The zero-order valence-corrected chi connectivity index (χ0v) is 15.8. The quantitative estimate of drug-likeness (QED) is 0.450. The number of aromatic nitrogens is 1. The van der Waals surface area contributed by atoms with E-state index in [-0.39, 0.29) is 24.0 Å². The summed E-state index contributed by atoms with van der Waals surface area (Å²) < 4.78 is 2.05. The van der Waals surface area contributed by atoms with Gasteiger partial charge in [0.1, 0.15) is 0 Å². The molecule has 0 fully saturated rings. The Bertz CT molecular complexity index is 604. The molecular formula is C17H25IN4. The van der Waals surface area contributed by atoms with E-state index >= 15 is 0 Å². The number of nitrogens with one attached hydrogen (secondary N) is 2. The fourth-order valence-corrected chi connectivity index (χ4v) is 2.33.